The van der Waals surface area contributed by atoms with Gasteiger partial charge in [0.1, 0.15) is 0 Å². The van der Waals surface area contributed by atoms with Crippen LogP contribution < -0.4 is 0 Å². The summed E-state index contributed by atoms with van der Waals surface area (Å²) >= 11 is 0. The Bertz CT molecular complexity index is 300. The number of nitrogens with zero attached hydrogens (tertiary/aromatic N) is 1. The third kappa shape index (κ3) is 3.04. The van der Waals surface area contributed by atoms with Gasteiger partial charge in [-0.05, 0) is 5.56 Å². The topological polar surface area (TPSA) is 21.7 Å². The van der Waals surface area contributed by atoms with Crippen molar-refractivity contribution >= 4 is 0 Å². The van der Waals surface area contributed by atoms with Crippen LogP contribution in [-0.4, -0.2) is 44.4 Å². The zero-order valence-corrected chi connectivity index (χ0v) is 9.76. The molecule has 1 saturated heterocycles. The molecule has 1 heterocycles. The molecule has 1 fully saturated rings. The van der Waals surface area contributed by atoms with E-state index in [0.717, 1.165) is 32.9 Å². The second kappa shape index (κ2) is 5.99. The highest BCUT2D eigenvalue weighted by atomic mass is 16.5. The van der Waals surface area contributed by atoms with Crippen LogP contribution in [0.1, 0.15) is 5.56 Å². The third-order valence-corrected chi connectivity index (χ3v) is 2.94. The van der Waals surface area contributed by atoms with Crippen LogP contribution in [0.3, 0.4) is 0 Å². The molecule has 88 valence electrons. The number of rotatable bonds is 4. The van der Waals surface area contributed by atoms with Crippen molar-refractivity contribution in [3.05, 3.63) is 35.9 Å². The molecule has 1 aliphatic heterocycles. The summed E-state index contributed by atoms with van der Waals surface area (Å²) in [5.74, 6) is 0. The first kappa shape index (κ1) is 11.6. The summed E-state index contributed by atoms with van der Waals surface area (Å²) in [6.45, 7) is 4.32. The Hall–Kier alpha value is -0.900. The van der Waals surface area contributed by atoms with Crippen LogP contribution in [0.25, 0.3) is 0 Å². The zero-order chi connectivity index (χ0) is 11.2. The summed E-state index contributed by atoms with van der Waals surface area (Å²) in [6.07, 6.45) is 0. The third-order valence-electron chi connectivity index (χ3n) is 2.94. The first-order chi connectivity index (χ1) is 7.90. The minimum atomic E-state index is 0.388. The van der Waals surface area contributed by atoms with Crippen LogP contribution in [0.5, 0.6) is 0 Å². The van der Waals surface area contributed by atoms with E-state index in [1.807, 2.05) is 0 Å². The smallest absolute Gasteiger partial charge is 0.0645 e. The van der Waals surface area contributed by atoms with Gasteiger partial charge in [0.15, 0.2) is 0 Å². The summed E-state index contributed by atoms with van der Waals surface area (Å²) in [5.41, 5.74) is 1.35. The first-order valence-corrected chi connectivity index (χ1v) is 5.75. The van der Waals surface area contributed by atoms with E-state index in [1.165, 1.54) is 5.56 Å². The van der Waals surface area contributed by atoms with Gasteiger partial charge < -0.3 is 9.47 Å². The quantitative estimate of drug-likeness (QED) is 0.769. The Balaban J connectivity index is 1.96. The van der Waals surface area contributed by atoms with Gasteiger partial charge in [-0.1, -0.05) is 30.3 Å². The molecule has 0 saturated carbocycles. The summed E-state index contributed by atoms with van der Waals surface area (Å²) in [7, 11) is 1.75. The molecule has 0 bridgehead atoms. The molecule has 1 atom stereocenters. The molecule has 1 aliphatic rings. The van der Waals surface area contributed by atoms with Crippen molar-refractivity contribution in [2.75, 3.05) is 33.5 Å². The van der Waals surface area contributed by atoms with E-state index in [2.05, 4.69) is 35.2 Å². The van der Waals surface area contributed by atoms with E-state index in [9.17, 15) is 0 Å². The Morgan fingerprint density at radius 3 is 2.94 bits per heavy atom. The Morgan fingerprint density at radius 1 is 1.38 bits per heavy atom. The van der Waals surface area contributed by atoms with Gasteiger partial charge in [-0.2, -0.15) is 0 Å². The van der Waals surface area contributed by atoms with Gasteiger partial charge in [-0.25, -0.2) is 0 Å². The van der Waals surface area contributed by atoms with Gasteiger partial charge >= 0.3 is 0 Å². The molecule has 1 aromatic carbocycles. The largest absolute Gasteiger partial charge is 0.383 e. The fourth-order valence-corrected chi connectivity index (χ4v) is 2.06. The summed E-state index contributed by atoms with van der Waals surface area (Å²) in [5, 5.41) is 0. The van der Waals surface area contributed by atoms with E-state index in [1.54, 1.807) is 7.11 Å². The Kier molecular flexibility index (Phi) is 4.34. The van der Waals surface area contributed by atoms with Gasteiger partial charge in [-0.15, -0.1) is 0 Å². The van der Waals surface area contributed by atoms with Crippen molar-refractivity contribution < 1.29 is 9.47 Å². The SMILES string of the molecule is COC[C@@H]1COCCN1Cc1ccccc1. The van der Waals surface area contributed by atoms with E-state index in [-0.39, 0.29) is 0 Å². The number of hydrogen-bond donors (Lipinski definition) is 0. The molecule has 0 amide bonds. The van der Waals surface area contributed by atoms with Crippen molar-refractivity contribution in [1.82, 2.24) is 4.90 Å². The number of hydrogen-bond acceptors (Lipinski definition) is 3. The van der Waals surface area contributed by atoms with Crippen molar-refractivity contribution in [2.45, 2.75) is 12.6 Å². The predicted octanol–water partition coefficient (Wildman–Crippen LogP) is 1.53. The molecule has 0 aromatic heterocycles. The average molecular weight is 221 g/mol. The molecule has 0 spiro atoms. The lowest BCUT2D eigenvalue weighted by Crippen LogP contribution is -2.47. The lowest BCUT2D eigenvalue weighted by molar-refractivity contribution is -0.0387. The van der Waals surface area contributed by atoms with Crippen LogP contribution in [0.15, 0.2) is 30.3 Å². The van der Waals surface area contributed by atoms with Gasteiger partial charge in [-0.3, -0.25) is 4.90 Å². The van der Waals surface area contributed by atoms with Crippen molar-refractivity contribution in [3.63, 3.8) is 0 Å². The molecular formula is C13H19NO2. The normalized spacial score (nSPS) is 22.2. The highest BCUT2D eigenvalue weighted by molar-refractivity contribution is 5.14. The van der Waals surface area contributed by atoms with Crippen LogP contribution in [0, 0.1) is 0 Å². The van der Waals surface area contributed by atoms with Crippen LogP contribution in [-0.2, 0) is 16.0 Å². The van der Waals surface area contributed by atoms with Gasteiger partial charge in [0.05, 0.1) is 25.9 Å². The minimum absolute atomic E-state index is 0.388. The minimum Gasteiger partial charge on any atom is -0.383 e. The van der Waals surface area contributed by atoms with E-state index in [0.29, 0.717) is 6.04 Å². The molecular weight excluding hydrogens is 202 g/mol. The number of methoxy groups -OCH3 is 1. The molecule has 1 aromatic rings. The zero-order valence-electron chi connectivity index (χ0n) is 9.76. The predicted molar refractivity (Wildman–Crippen MR) is 63.3 cm³/mol. The molecule has 0 unspecified atom stereocenters. The molecule has 0 aliphatic carbocycles. The Morgan fingerprint density at radius 2 is 2.19 bits per heavy atom. The molecule has 3 heteroatoms. The highest BCUT2D eigenvalue weighted by Crippen LogP contribution is 2.12. The Labute approximate surface area is 97.0 Å². The molecule has 16 heavy (non-hydrogen) atoms. The maximum Gasteiger partial charge on any atom is 0.0645 e. The fraction of sp³-hybridized carbons (Fsp3) is 0.538. The van der Waals surface area contributed by atoms with Crippen molar-refractivity contribution in [1.29, 1.82) is 0 Å². The van der Waals surface area contributed by atoms with Gasteiger partial charge in [0, 0.05) is 20.2 Å². The van der Waals surface area contributed by atoms with Crippen LogP contribution in [0.2, 0.25) is 0 Å². The number of morpholine rings is 1. The average Bonchev–Trinajstić information content (AvgIpc) is 2.33. The summed E-state index contributed by atoms with van der Waals surface area (Å²) in [4.78, 5) is 2.43. The van der Waals surface area contributed by atoms with Crippen LogP contribution >= 0.6 is 0 Å². The van der Waals surface area contributed by atoms with E-state index >= 15 is 0 Å². The van der Waals surface area contributed by atoms with Crippen LogP contribution in [0.4, 0.5) is 0 Å². The molecule has 0 N–H and O–H groups in total. The van der Waals surface area contributed by atoms with Crippen molar-refractivity contribution in [2.24, 2.45) is 0 Å². The number of benzene rings is 1. The molecule has 0 radical (unpaired) electrons. The number of ether oxygens (including phenoxy) is 2. The maximum absolute atomic E-state index is 5.48. The van der Waals surface area contributed by atoms with Gasteiger partial charge in [0.25, 0.3) is 0 Å². The first-order valence-electron chi connectivity index (χ1n) is 5.75. The lowest BCUT2D eigenvalue weighted by Gasteiger charge is -2.35. The monoisotopic (exact) mass is 221 g/mol. The maximum atomic E-state index is 5.48. The van der Waals surface area contributed by atoms with Crippen molar-refractivity contribution in [3.8, 4) is 0 Å². The second-order valence-corrected chi connectivity index (χ2v) is 4.14. The second-order valence-electron chi connectivity index (χ2n) is 4.14. The van der Waals surface area contributed by atoms with E-state index < -0.39 is 0 Å². The lowest BCUT2D eigenvalue weighted by atomic mass is 10.1. The van der Waals surface area contributed by atoms with Gasteiger partial charge in [0.2, 0.25) is 0 Å². The highest BCUT2D eigenvalue weighted by Gasteiger charge is 2.22. The summed E-state index contributed by atoms with van der Waals surface area (Å²) in [6, 6.07) is 10.9. The molecule has 2 rings (SSSR count). The molecule has 3 nitrogen and oxygen atoms in total. The standard InChI is InChI=1S/C13H19NO2/c1-15-10-13-11-16-8-7-14(13)9-12-5-3-2-4-6-12/h2-6,13H,7-11H2,1H3/t13-/m1/s1. The fourth-order valence-electron chi connectivity index (χ4n) is 2.06. The van der Waals surface area contributed by atoms with E-state index in [4.69, 9.17) is 9.47 Å². The summed E-state index contributed by atoms with van der Waals surface area (Å²) < 4.78 is 10.7.